The molecule has 0 amide bonds. The molecule has 19 heavy (non-hydrogen) atoms. The lowest BCUT2D eigenvalue weighted by Crippen LogP contribution is -2.52. The summed E-state index contributed by atoms with van der Waals surface area (Å²) in [5.41, 5.74) is -2.52. The van der Waals surface area contributed by atoms with Crippen molar-refractivity contribution in [3.8, 4) is 0 Å². The largest absolute Gasteiger partial charge is 0.384 e. The Morgan fingerprint density at radius 2 is 1.74 bits per heavy atom. The molecule has 3 atom stereocenters. The van der Waals surface area contributed by atoms with Crippen molar-refractivity contribution < 1.29 is 13.9 Å². The lowest BCUT2D eigenvalue weighted by molar-refractivity contribution is -0.154. The molecule has 0 heterocycles. The van der Waals surface area contributed by atoms with Crippen LogP contribution in [0.15, 0.2) is 18.2 Å². The smallest absolute Gasteiger partial charge is 0.132 e. The zero-order valence-corrected chi connectivity index (χ0v) is 11.6. The first-order valence-electron chi connectivity index (χ1n) is 6.91. The van der Waals surface area contributed by atoms with Crippen LogP contribution in [0.1, 0.15) is 45.6 Å². The summed E-state index contributed by atoms with van der Waals surface area (Å²) in [6, 6.07) is 3.82. The number of hydrogen-bond donors (Lipinski definition) is 1. The topological polar surface area (TPSA) is 20.2 Å². The predicted molar refractivity (Wildman–Crippen MR) is 69.5 cm³/mol. The molecule has 0 aliphatic heterocycles. The lowest BCUT2D eigenvalue weighted by atomic mass is 9.57. The van der Waals surface area contributed by atoms with Gasteiger partial charge in [0.15, 0.2) is 0 Å². The van der Waals surface area contributed by atoms with Crippen molar-refractivity contribution in [2.75, 3.05) is 0 Å². The van der Waals surface area contributed by atoms with Crippen molar-refractivity contribution in [2.24, 2.45) is 16.7 Å². The molecule has 0 radical (unpaired) electrons. The van der Waals surface area contributed by atoms with Gasteiger partial charge in [-0.3, -0.25) is 0 Å². The van der Waals surface area contributed by atoms with Gasteiger partial charge >= 0.3 is 0 Å². The monoisotopic (exact) mass is 266 g/mol. The Morgan fingerprint density at radius 3 is 2.21 bits per heavy atom. The summed E-state index contributed by atoms with van der Waals surface area (Å²) < 4.78 is 28.4. The molecule has 1 nitrogen and oxygen atoms in total. The molecule has 104 valence electrons. The summed E-state index contributed by atoms with van der Waals surface area (Å²) >= 11 is 0. The van der Waals surface area contributed by atoms with Crippen LogP contribution in [0.5, 0.6) is 0 Å². The fourth-order valence-electron chi connectivity index (χ4n) is 4.73. The maximum atomic E-state index is 14.2. The second-order valence-electron chi connectivity index (χ2n) is 7.03. The van der Waals surface area contributed by atoms with E-state index in [1.807, 2.05) is 20.8 Å². The maximum absolute atomic E-state index is 14.2. The van der Waals surface area contributed by atoms with Crippen LogP contribution in [0, 0.1) is 28.4 Å². The van der Waals surface area contributed by atoms with Gasteiger partial charge in [0.2, 0.25) is 0 Å². The van der Waals surface area contributed by atoms with E-state index in [0.29, 0.717) is 5.92 Å². The molecular weight excluding hydrogens is 246 g/mol. The van der Waals surface area contributed by atoms with E-state index in [0.717, 1.165) is 19.3 Å². The second-order valence-corrected chi connectivity index (χ2v) is 7.03. The van der Waals surface area contributed by atoms with Gasteiger partial charge in [0.25, 0.3) is 0 Å². The van der Waals surface area contributed by atoms with E-state index in [1.54, 1.807) is 0 Å². The average molecular weight is 266 g/mol. The highest BCUT2D eigenvalue weighted by atomic mass is 19.1. The Bertz CT molecular complexity index is 513. The van der Waals surface area contributed by atoms with Crippen molar-refractivity contribution in [1.29, 1.82) is 0 Å². The van der Waals surface area contributed by atoms with E-state index >= 15 is 0 Å². The van der Waals surface area contributed by atoms with Gasteiger partial charge in [0, 0.05) is 10.8 Å². The first-order chi connectivity index (χ1) is 8.74. The summed E-state index contributed by atoms with van der Waals surface area (Å²) in [4.78, 5) is 0. The fraction of sp³-hybridized carbons (Fsp3) is 0.625. The summed E-state index contributed by atoms with van der Waals surface area (Å²) in [6.07, 6.45) is 2.69. The van der Waals surface area contributed by atoms with Gasteiger partial charge in [0.05, 0.1) is 5.56 Å². The Balaban J connectivity index is 2.28. The number of aliphatic hydroxyl groups is 1. The van der Waals surface area contributed by atoms with Gasteiger partial charge in [-0.25, -0.2) is 8.78 Å². The second kappa shape index (κ2) is 3.57. The molecule has 3 unspecified atom stereocenters. The van der Waals surface area contributed by atoms with Gasteiger partial charge in [-0.2, -0.15) is 0 Å². The van der Waals surface area contributed by atoms with Crippen molar-refractivity contribution in [3.63, 3.8) is 0 Å². The molecule has 2 bridgehead atoms. The van der Waals surface area contributed by atoms with Gasteiger partial charge in [-0.15, -0.1) is 0 Å². The van der Waals surface area contributed by atoms with Crippen LogP contribution in [0.3, 0.4) is 0 Å². The molecule has 2 fully saturated rings. The molecule has 0 aromatic heterocycles. The van der Waals surface area contributed by atoms with Crippen molar-refractivity contribution in [3.05, 3.63) is 35.4 Å². The van der Waals surface area contributed by atoms with E-state index in [1.165, 1.54) is 18.2 Å². The minimum Gasteiger partial charge on any atom is -0.384 e. The van der Waals surface area contributed by atoms with Crippen molar-refractivity contribution in [1.82, 2.24) is 0 Å². The van der Waals surface area contributed by atoms with Crippen molar-refractivity contribution in [2.45, 2.75) is 45.6 Å². The molecule has 0 spiro atoms. The third-order valence-electron chi connectivity index (χ3n) is 5.89. The fourth-order valence-corrected chi connectivity index (χ4v) is 4.73. The van der Waals surface area contributed by atoms with Gasteiger partial charge in [0.1, 0.15) is 17.2 Å². The van der Waals surface area contributed by atoms with Gasteiger partial charge in [-0.1, -0.05) is 26.8 Å². The standard InChI is InChI=1S/C16H20F2O/c1-14(2)10-7-8-15(3,9-10)16(14,19)13-11(17)5-4-6-12(13)18/h4-6,10,19H,7-9H2,1-3H3. The predicted octanol–water partition coefficient (Wildman–Crippen LogP) is 4.00. The Kier molecular flexibility index (Phi) is 2.45. The molecular formula is C16H20F2O. The highest BCUT2D eigenvalue weighted by Crippen LogP contribution is 2.72. The molecule has 1 aromatic carbocycles. The summed E-state index contributed by atoms with van der Waals surface area (Å²) in [7, 11) is 0. The van der Waals surface area contributed by atoms with Crippen LogP contribution in [-0.4, -0.2) is 5.11 Å². The Hall–Kier alpha value is -0.960. The summed E-state index contributed by atoms with van der Waals surface area (Å²) in [6.45, 7) is 5.84. The number of hydrogen-bond acceptors (Lipinski definition) is 1. The Morgan fingerprint density at radius 1 is 1.16 bits per heavy atom. The molecule has 2 aliphatic rings. The van der Waals surface area contributed by atoms with Crippen LogP contribution >= 0.6 is 0 Å². The molecule has 0 saturated heterocycles. The van der Waals surface area contributed by atoms with E-state index in [-0.39, 0.29) is 5.56 Å². The van der Waals surface area contributed by atoms with Crippen molar-refractivity contribution >= 4 is 0 Å². The molecule has 1 N–H and O–H groups in total. The normalized spacial score (nSPS) is 39.8. The number of rotatable bonds is 1. The molecule has 2 saturated carbocycles. The molecule has 3 heteroatoms. The first-order valence-corrected chi connectivity index (χ1v) is 6.91. The first kappa shape index (κ1) is 13.0. The zero-order chi connectivity index (χ0) is 14.1. The quantitative estimate of drug-likeness (QED) is 0.814. The number of benzene rings is 1. The third-order valence-corrected chi connectivity index (χ3v) is 5.89. The van der Waals surface area contributed by atoms with Crippen LogP contribution in [0.2, 0.25) is 0 Å². The average Bonchev–Trinajstić information content (AvgIpc) is 2.77. The number of halogens is 2. The highest BCUT2D eigenvalue weighted by molar-refractivity contribution is 5.35. The van der Waals surface area contributed by atoms with Gasteiger partial charge in [-0.05, 0) is 37.3 Å². The van der Waals surface area contributed by atoms with E-state index in [2.05, 4.69) is 0 Å². The molecule has 3 rings (SSSR count). The summed E-state index contributed by atoms with van der Waals surface area (Å²) in [5, 5.41) is 11.3. The lowest BCUT2D eigenvalue weighted by Gasteiger charge is -2.51. The van der Waals surface area contributed by atoms with Crippen LogP contribution in [0.4, 0.5) is 8.78 Å². The zero-order valence-electron chi connectivity index (χ0n) is 11.6. The van der Waals surface area contributed by atoms with E-state index < -0.39 is 28.1 Å². The number of fused-ring (bicyclic) bond motifs is 2. The third kappa shape index (κ3) is 1.32. The summed E-state index contributed by atoms with van der Waals surface area (Å²) in [5.74, 6) is -0.949. The Labute approximate surface area is 112 Å². The van der Waals surface area contributed by atoms with Gasteiger partial charge < -0.3 is 5.11 Å². The van der Waals surface area contributed by atoms with Crippen LogP contribution in [-0.2, 0) is 5.60 Å². The van der Waals surface area contributed by atoms with E-state index in [9.17, 15) is 13.9 Å². The van der Waals surface area contributed by atoms with Crippen LogP contribution in [0.25, 0.3) is 0 Å². The SMILES string of the molecule is CC12CCC(C1)C(C)(C)C2(O)c1c(F)cccc1F. The maximum Gasteiger partial charge on any atom is 0.132 e. The molecule has 1 aromatic rings. The minimum absolute atomic E-state index is 0.135. The minimum atomic E-state index is -1.43. The highest BCUT2D eigenvalue weighted by Gasteiger charge is 2.70. The van der Waals surface area contributed by atoms with Crippen LogP contribution < -0.4 is 0 Å². The van der Waals surface area contributed by atoms with E-state index in [4.69, 9.17) is 0 Å². The molecule has 2 aliphatic carbocycles.